The summed E-state index contributed by atoms with van der Waals surface area (Å²) in [6.45, 7) is 0. The van der Waals surface area contributed by atoms with Crippen molar-refractivity contribution in [3.05, 3.63) is 151 Å². The van der Waals surface area contributed by atoms with E-state index in [0.29, 0.717) is 0 Å². The SMILES string of the molecule is c1ccc(P(Cc2cccc(P(c3ccccc3)c3ccccc3)c2)c2ccccc2)cc1. The predicted molar refractivity (Wildman–Crippen MR) is 148 cm³/mol. The minimum Gasteiger partial charge on any atom is -0.0622 e. The van der Waals surface area contributed by atoms with Gasteiger partial charge in [0.1, 0.15) is 0 Å². The minimum atomic E-state index is -0.588. The van der Waals surface area contributed by atoms with Crippen molar-refractivity contribution in [3.63, 3.8) is 0 Å². The monoisotopic (exact) mass is 460 g/mol. The molecule has 5 rings (SSSR count). The molecule has 0 aliphatic rings. The molecular weight excluding hydrogens is 434 g/mol. The molecule has 0 saturated heterocycles. The standard InChI is InChI=1S/C31H26P2/c1-5-15-27(16-6-1)32(28-17-7-2-8-18-28)25-26-14-13-23-31(24-26)33(29-19-9-3-10-20-29)30-21-11-4-12-22-30/h1-24H,25H2. The highest BCUT2D eigenvalue weighted by molar-refractivity contribution is 7.79. The Labute approximate surface area is 199 Å². The first-order valence-corrected chi connectivity index (χ1v) is 14.1. The number of hydrogen-bond acceptors (Lipinski definition) is 0. The van der Waals surface area contributed by atoms with Gasteiger partial charge in [0.05, 0.1) is 0 Å². The summed E-state index contributed by atoms with van der Waals surface area (Å²) >= 11 is 0. The summed E-state index contributed by atoms with van der Waals surface area (Å²) < 4.78 is 0. The van der Waals surface area contributed by atoms with E-state index < -0.39 is 15.8 Å². The van der Waals surface area contributed by atoms with Gasteiger partial charge < -0.3 is 0 Å². The minimum absolute atomic E-state index is 0.460. The Kier molecular flexibility index (Phi) is 7.08. The third-order valence-corrected chi connectivity index (χ3v) is 10.6. The van der Waals surface area contributed by atoms with Crippen molar-refractivity contribution in [1.29, 1.82) is 0 Å². The van der Waals surface area contributed by atoms with Crippen LogP contribution in [0.4, 0.5) is 0 Å². The second kappa shape index (κ2) is 10.7. The molecule has 0 nitrogen and oxygen atoms in total. The van der Waals surface area contributed by atoms with Gasteiger partial charge in [0.25, 0.3) is 0 Å². The van der Waals surface area contributed by atoms with Gasteiger partial charge in [-0.15, -0.1) is 0 Å². The van der Waals surface area contributed by atoms with Crippen molar-refractivity contribution in [2.24, 2.45) is 0 Å². The van der Waals surface area contributed by atoms with Crippen molar-refractivity contribution in [2.75, 3.05) is 0 Å². The zero-order valence-corrected chi connectivity index (χ0v) is 20.2. The molecule has 0 heterocycles. The molecule has 160 valence electrons. The van der Waals surface area contributed by atoms with Crippen LogP contribution >= 0.6 is 15.8 Å². The zero-order chi connectivity index (χ0) is 22.3. The quantitative estimate of drug-likeness (QED) is 0.258. The molecule has 0 spiro atoms. The lowest BCUT2D eigenvalue weighted by molar-refractivity contribution is 1.42. The summed E-state index contributed by atoms with van der Waals surface area (Å²) in [5, 5.41) is 7.06. The molecule has 0 aliphatic heterocycles. The van der Waals surface area contributed by atoms with Crippen molar-refractivity contribution in [1.82, 2.24) is 0 Å². The van der Waals surface area contributed by atoms with E-state index in [0.717, 1.165) is 6.16 Å². The van der Waals surface area contributed by atoms with E-state index in [1.807, 2.05) is 0 Å². The summed E-state index contributed by atoms with van der Waals surface area (Å²) in [4.78, 5) is 0. The molecule has 0 N–H and O–H groups in total. The number of rotatable bonds is 7. The first-order valence-electron chi connectivity index (χ1n) is 11.3. The molecule has 0 atom stereocenters. The van der Waals surface area contributed by atoms with Crippen LogP contribution in [-0.4, -0.2) is 0 Å². The third kappa shape index (κ3) is 5.31. The van der Waals surface area contributed by atoms with Crippen LogP contribution in [0, 0.1) is 0 Å². The first-order chi connectivity index (χ1) is 16.4. The molecule has 5 aromatic rings. The van der Waals surface area contributed by atoms with Crippen LogP contribution < -0.4 is 26.5 Å². The molecule has 0 unspecified atom stereocenters. The van der Waals surface area contributed by atoms with Crippen LogP contribution in [0.2, 0.25) is 0 Å². The molecule has 0 aromatic heterocycles. The van der Waals surface area contributed by atoms with Crippen molar-refractivity contribution in [3.8, 4) is 0 Å². The fourth-order valence-electron chi connectivity index (χ4n) is 4.13. The summed E-state index contributed by atoms with van der Waals surface area (Å²) in [5.74, 6) is 0. The largest absolute Gasteiger partial charge is 0.0622 e. The summed E-state index contributed by atoms with van der Waals surface area (Å²) in [5.41, 5.74) is 1.41. The van der Waals surface area contributed by atoms with E-state index in [1.165, 1.54) is 32.1 Å². The lowest BCUT2D eigenvalue weighted by atomic mass is 10.2. The maximum Gasteiger partial charge on any atom is 0.000766 e. The van der Waals surface area contributed by atoms with Gasteiger partial charge in [0.15, 0.2) is 0 Å². The van der Waals surface area contributed by atoms with Crippen molar-refractivity contribution >= 4 is 42.4 Å². The topological polar surface area (TPSA) is 0 Å². The Morgan fingerprint density at radius 1 is 0.364 bits per heavy atom. The molecular formula is C31H26P2. The maximum absolute atomic E-state index is 2.45. The lowest BCUT2D eigenvalue weighted by Gasteiger charge is -2.22. The normalized spacial score (nSPS) is 11.1. The smallest absolute Gasteiger partial charge is 0.000766 e. The zero-order valence-electron chi connectivity index (χ0n) is 18.5. The van der Waals surface area contributed by atoms with Gasteiger partial charge in [0.2, 0.25) is 0 Å². The molecule has 0 radical (unpaired) electrons. The van der Waals surface area contributed by atoms with Gasteiger partial charge in [-0.2, -0.15) is 0 Å². The Bertz CT molecular complexity index is 1190. The molecule has 0 fully saturated rings. The van der Waals surface area contributed by atoms with E-state index in [9.17, 15) is 0 Å². The molecule has 0 bridgehead atoms. The van der Waals surface area contributed by atoms with E-state index in [2.05, 4.69) is 146 Å². The van der Waals surface area contributed by atoms with Crippen molar-refractivity contribution < 1.29 is 0 Å². The van der Waals surface area contributed by atoms with E-state index in [-0.39, 0.29) is 0 Å². The van der Waals surface area contributed by atoms with Crippen LogP contribution in [0.5, 0.6) is 0 Å². The highest BCUT2D eigenvalue weighted by atomic mass is 31.1. The second-order valence-electron chi connectivity index (χ2n) is 7.93. The van der Waals surface area contributed by atoms with Crippen LogP contribution in [0.25, 0.3) is 0 Å². The van der Waals surface area contributed by atoms with E-state index in [4.69, 9.17) is 0 Å². The number of hydrogen-bond donors (Lipinski definition) is 0. The van der Waals surface area contributed by atoms with Crippen LogP contribution in [0.15, 0.2) is 146 Å². The maximum atomic E-state index is 2.45. The van der Waals surface area contributed by atoms with Gasteiger partial charge >= 0.3 is 0 Å². The average Bonchev–Trinajstić information content (AvgIpc) is 2.90. The first kappa shape index (κ1) is 21.8. The Balaban J connectivity index is 1.53. The van der Waals surface area contributed by atoms with Crippen molar-refractivity contribution in [2.45, 2.75) is 6.16 Å². The lowest BCUT2D eigenvalue weighted by Crippen LogP contribution is -2.21. The molecule has 0 aliphatic carbocycles. The highest BCUT2D eigenvalue weighted by Crippen LogP contribution is 2.39. The highest BCUT2D eigenvalue weighted by Gasteiger charge is 2.18. The van der Waals surface area contributed by atoms with Crippen LogP contribution in [-0.2, 0) is 6.16 Å². The molecule has 2 heteroatoms. The Morgan fingerprint density at radius 3 is 1.21 bits per heavy atom. The van der Waals surface area contributed by atoms with Crippen LogP contribution in [0.1, 0.15) is 5.56 Å². The van der Waals surface area contributed by atoms with Gasteiger partial charge in [-0.3, -0.25) is 0 Å². The van der Waals surface area contributed by atoms with Crippen LogP contribution in [0.3, 0.4) is 0 Å². The molecule has 33 heavy (non-hydrogen) atoms. The fourth-order valence-corrected chi connectivity index (χ4v) is 8.78. The molecule has 5 aromatic carbocycles. The fraction of sp³-hybridized carbons (Fsp3) is 0.0323. The average molecular weight is 460 g/mol. The number of benzene rings is 5. The summed E-state index contributed by atoms with van der Waals surface area (Å²) in [6, 6.07) is 53.2. The van der Waals surface area contributed by atoms with Gasteiger partial charge in [-0.1, -0.05) is 146 Å². The second-order valence-corrected chi connectivity index (χ2v) is 12.4. The molecule has 0 saturated carbocycles. The molecule has 0 amide bonds. The third-order valence-electron chi connectivity index (χ3n) is 5.67. The summed E-state index contributed by atoms with van der Waals surface area (Å²) in [6.07, 6.45) is 1.05. The van der Waals surface area contributed by atoms with Gasteiger partial charge in [0, 0.05) is 6.16 Å². The van der Waals surface area contributed by atoms with E-state index in [1.54, 1.807) is 0 Å². The summed E-state index contributed by atoms with van der Waals surface area (Å²) in [7, 11) is -1.05. The Morgan fingerprint density at radius 2 is 0.758 bits per heavy atom. The predicted octanol–water partition coefficient (Wildman–Crippen LogP) is 6.08. The van der Waals surface area contributed by atoms with E-state index >= 15 is 0 Å². The van der Waals surface area contributed by atoms with Gasteiger partial charge in [-0.25, -0.2) is 0 Å². The Hall–Kier alpha value is -3.04. The van der Waals surface area contributed by atoms with Gasteiger partial charge in [-0.05, 0) is 47.9 Å².